The van der Waals surface area contributed by atoms with Gasteiger partial charge in [-0.05, 0) is 97.2 Å². The van der Waals surface area contributed by atoms with Crippen LogP contribution in [0.4, 0.5) is 17.6 Å². The molecule has 0 saturated heterocycles. The van der Waals surface area contributed by atoms with Crippen LogP contribution >= 0.6 is 0 Å². The SMILES string of the molecule is CC(C)c1nc2c(c(C3CCCC3)c1C(F)c1ccc(C(F)(F)F)cc1)[C@@H](O[Si](C)(C)C(C)(C)C)CC1(CCC1)C2. The van der Waals surface area contributed by atoms with Crippen LogP contribution in [0.3, 0.4) is 0 Å². The van der Waals surface area contributed by atoms with Gasteiger partial charge in [-0.25, -0.2) is 4.39 Å². The van der Waals surface area contributed by atoms with Crippen molar-refractivity contribution in [3.63, 3.8) is 0 Å². The highest BCUT2D eigenvalue weighted by molar-refractivity contribution is 6.74. The molecular weight excluding hydrogens is 542 g/mol. The van der Waals surface area contributed by atoms with Crippen molar-refractivity contribution in [2.24, 2.45) is 5.41 Å². The normalized spacial score (nSPS) is 22.2. The van der Waals surface area contributed by atoms with Crippen molar-refractivity contribution in [2.75, 3.05) is 0 Å². The number of fused-ring (bicyclic) bond motifs is 1. The summed E-state index contributed by atoms with van der Waals surface area (Å²) in [6, 6.07) is 4.62. The van der Waals surface area contributed by atoms with Gasteiger partial charge in [-0.3, -0.25) is 4.98 Å². The number of rotatable bonds is 6. The highest BCUT2D eigenvalue weighted by Crippen LogP contribution is 2.58. The van der Waals surface area contributed by atoms with Crippen molar-refractivity contribution in [1.82, 2.24) is 4.98 Å². The van der Waals surface area contributed by atoms with Gasteiger partial charge in [0, 0.05) is 22.5 Å². The maximum Gasteiger partial charge on any atom is 0.416 e. The van der Waals surface area contributed by atoms with Gasteiger partial charge in [-0.15, -0.1) is 0 Å². The van der Waals surface area contributed by atoms with Gasteiger partial charge >= 0.3 is 6.18 Å². The molecule has 2 nitrogen and oxygen atoms in total. The number of nitrogens with zero attached hydrogens (tertiary/aromatic N) is 1. The van der Waals surface area contributed by atoms with E-state index in [0.717, 1.165) is 73.2 Å². The average Bonchev–Trinajstić information content (AvgIpc) is 3.39. The molecule has 0 aliphatic heterocycles. The molecule has 3 aliphatic rings. The molecule has 2 atom stereocenters. The van der Waals surface area contributed by atoms with Crippen LogP contribution in [-0.4, -0.2) is 13.3 Å². The zero-order valence-electron chi connectivity index (χ0n) is 25.9. The van der Waals surface area contributed by atoms with Crippen LogP contribution in [0, 0.1) is 5.41 Å². The van der Waals surface area contributed by atoms with Crippen LogP contribution in [0.15, 0.2) is 24.3 Å². The maximum absolute atomic E-state index is 16.9. The summed E-state index contributed by atoms with van der Waals surface area (Å²) in [6.07, 6.45) is 3.54. The van der Waals surface area contributed by atoms with Gasteiger partial charge < -0.3 is 4.43 Å². The minimum atomic E-state index is -4.46. The maximum atomic E-state index is 16.9. The van der Waals surface area contributed by atoms with E-state index in [-0.39, 0.29) is 34.0 Å². The monoisotopic (exact) mass is 589 g/mol. The third-order valence-electron chi connectivity index (χ3n) is 10.7. The molecule has 5 rings (SSSR count). The highest BCUT2D eigenvalue weighted by Gasteiger charge is 2.50. The molecule has 0 bridgehead atoms. The Kier molecular flexibility index (Phi) is 8.06. The lowest BCUT2D eigenvalue weighted by atomic mass is 9.59. The number of aromatic nitrogens is 1. The van der Waals surface area contributed by atoms with E-state index >= 15 is 4.39 Å². The Morgan fingerprint density at radius 1 is 0.951 bits per heavy atom. The second-order valence-corrected chi connectivity index (χ2v) is 19.7. The summed E-state index contributed by atoms with van der Waals surface area (Å²) < 4.78 is 64.1. The molecule has 2 saturated carbocycles. The third-order valence-corrected chi connectivity index (χ3v) is 15.1. The predicted octanol–water partition coefficient (Wildman–Crippen LogP) is 11.1. The Hall–Kier alpha value is -1.73. The van der Waals surface area contributed by atoms with E-state index in [9.17, 15) is 13.2 Å². The standard InChI is InChI=1S/C34H47F4NOSi/c1-21(2)31-29(30(35)23-13-15-24(16-14-23)34(36,37)38)27(22-11-8-9-12-22)28-25(39-31)19-33(17-10-18-33)20-26(28)40-41(6,7)32(3,4)5/h13-16,21-22,26,30H,8-12,17-20H2,1-7H3/t26-,30?/m0/s1. The van der Waals surface area contributed by atoms with E-state index in [4.69, 9.17) is 9.41 Å². The van der Waals surface area contributed by atoms with E-state index in [1.165, 1.54) is 31.4 Å². The molecule has 2 aromatic rings. The molecule has 1 spiro atoms. The van der Waals surface area contributed by atoms with Crippen LogP contribution < -0.4 is 0 Å². The van der Waals surface area contributed by atoms with E-state index in [1.807, 2.05) is 0 Å². The molecule has 41 heavy (non-hydrogen) atoms. The first-order valence-corrected chi connectivity index (χ1v) is 18.5. The predicted molar refractivity (Wildman–Crippen MR) is 160 cm³/mol. The van der Waals surface area contributed by atoms with Gasteiger partial charge in [0.25, 0.3) is 0 Å². The molecular formula is C34H47F4NOSi. The summed E-state index contributed by atoms with van der Waals surface area (Å²) in [6.45, 7) is 15.5. The quantitative estimate of drug-likeness (QED) is 0.247. The molecule has 0 N–H and O–H groups in total. The Morgan fingerprint density at radius 3 is 2.05 bits per heavy atom. The van der Waals surface area contributed by atoms with Gasteiger partial charge in [-0.1, -0.05) is 66.0 Å². The van der Waals surface area contributed by atoms with Crippen molar-refractivity contribution >= 4 is 8.32 Å². The summed E-state index contributed by atoms with van der Waals surface area (Å²) in [5, 5.41) is 0.0297. The number of hydrogen-bond acceptors (Lipinski definition) is 2. The number of halogens is 4. The Bertz CT molecular complexity index is 1250. The van der Waals surface area contributed by atoms with E-state index in [2.05, 4.69) is 47.7 Å². The van der Waals surface area contributed by atoms with Gasteiger partial charge in [-0.2, -0.15) is 13.2 Å². The third kappa shape index (κ3) is 5.79. The molecule has 3 aliphatic carbocycles. The topological polar surface area (TPSA) is 22.1 Å². The summed E-state index contributed by atoms with van der Waals surface area (Å²) in [7, 11) is -2.17. The summed E-state index contributed by atoms with van der Waals surface area (Å²) in [5.41, 5.74) is 4.35. The average molecular weight is 590 g/mol. The van der Waals surface area contributed by atoms with Crippen molar-refractivity contribution in [3.8, 4) is 0 Å². The molecule has 1 unspecified atom stereocenters. The number of alkyl halides is 4. The van der Waals surface area contributed by atoms with Crippen LogP contribution in [-0.2, 0) is 17.0 Å². The summed E-state index contributed by atoms with van der Waals surface area (Å²) in [5.74, 6) is 0.204. The van der Waals surface area contributed by atoms with E-state index in [0.29, 0.717) is 5.56 Å². The Morgan fingerprint density at radius 2 is 1.56 bits per heavy atom. The smallest absolute Gasteiger partial charge is 0.410 e. The van der Waals surface area contributed by atoms with Crippen molar-refractivity contribution in [2.45, 2.75) is 141 Å². The van der Waals surface area contributed by atoms with Crippen LogP contribution in [0.25, 0.3) is 0 Å². The zero-order chi connectivity index (χ0) is 30.0. The fourth-order valence-electron chi connectivity index (χ4n) is 7.18. The van der Waals surface area contributed by atoms with Crippen molar-refractivity contribution < 1.29 is 22.0 Å². The minimum Gasteiger partial charge on any atom is -0.410 e. The van der Waals surface area contributed by atoms with Gasteiger partial charge in [0.15, 0.2) is 14.5 Å². The van der Waals surface area contributed by atoms with Gasteiger partial charge in [0.2, 0.25) is 0 Å². The number of benzene rings is 1. The van der Waals surface area contributed by atoms with Crippen LogP contribution in [0.2, 0.25) is 18.1 Å². The number of hydrogen-bond donors (Lipinski definition) is 0. The van der Waals surface area contributed by atoms with Crippen LogP contribution in [0.5, 0.6) is 0 Å². The van der Waals surface area contributed by atoms with Crippen molar-refractivity contribution in [1.29, 1.82) is 0 Å². The fraction of sp³-hybridized carbons (Fsp3) is 0.676. The van der Waals surface area contributed by atoms with Gasteiger partial charge in [0.1, 0.15) is 0 Å². The lowest BCUT2D eigenvalue weighted by Gasteiger charge is -2.51. The lowest BCUT2D eigenvalue weighted by molar-refractivity contribution is -0.137. The molecule has 1 aromatic heterocycles. The summed E-state index contributed by atoms with van der Waals surface area (Å²) in [4.78, 5) is 5.28. The molecule has 0 amide bonds. The summed E-state index contributed by atoms with van der Waals surface area (Å²) >= 11 is 0. The second-order valence-electron chi connectivity index (χ2n) is 14.9. The van der Waals surface area contributed by atoms with Crippen LogP contribution in [0.1, 0.15) is 149 Å². The fourth-order valence-corrected chi connectivity index (χ4v) is 8.45. The molecule has 7 heteroatoms. The van der Waals surface area contributed by atoms with E-state index in [1.54, 1.807) is 0 Å². The first-order chi connectivity index (χ1) is 19.0. The first-order valence-electron chi connectivity index (χ1n) is 15.6. The Balaban J connectivity index is 1.72. The molecule has 1 aromatic carbocycles. The minimum absolute atomic E-state index is 0.0119. The van der Waals surface area contributed by atoms with Gasteiger partial charge in [0.05, 0.1) is 11.7 Å². The lowest BCUT2D eigenvalue weighted by Crippen LogP contribution is -2.46. The largest absolute Gasteiger partial charge is 0.416 e. The zero-order valence-corrected chi connectivity index (χ0v) is 26.9. The highest BCUT2D eigenvalue weighted by atomic mass is 28.4. The van der Waals surface area contributed by atoms with E-state index < -0.39 is 26.2 Å². The second kappa shape index (κ2) is 10.8. The van der Waals surface area contributed by atoms with Crippen molar-refractivity contribution in [3.05, 3.63) is 63.5 Å². The molecule has 1 heterocycles. The molecule has 2 fully saturated rings. The Labute approximate surface area is 244 Å². The number of pyridine rings is 1. The first kappa shape index (κ1) is 30.7. The molecule has 0 radical (unpaired) electrons. The molecule has 226 valence electrons.